The number of nitrogens with two attached hydrogens (primary N) is 1. The molecule has 0 radical (unpaired) electrons. The van der Waals surface area contributed by atoms with E-state index in [1.165, 1.54) is 0 Å². The molecule has 1 fully saturated rings. The van der Waals surface area contributed by atoms with Crippen molar-refractivity contribution in [3.05, 3.63) is 106 Å². The fraction of sp³-hybridized carbons (Fsp3) is 0.303. The largest absolute Gasteiger partial charge is 0.361 e. The lowest BCUT2D eigenvalue weighted by molar-refractivity contribution is -0.123. The number of hydrogen-bond donors (Lipinski definition) is 5. The van der Waals surface area contributed by atoms with Gasteiger partial charge >= 0.3 is 11.7 Å². The van der Waals surface area contributed by atoms with Crippen LogP contribution in [0.4, 0.5) is 4.79 Å². The number of rotatable bonds is 8. The van der Waals surface area contributed by atoms with Crippen molar-refractivity contribution in [2.24, 2.45) is 5.73 Å². The second-order valence-corrected chi connectivity index (χ2v) is 11.3. The first-order valence-corrected chi connectivity index (χ1v) is 14.8. The fourth-order valence-electron chi connectivity index (χ4n) is 6.22. The van der Waals surface area contributed by atoms with E-state index < -0.39 is 6.04 Å². The molecule has 10 nitrogen and oxygen atoms in total. The highest BCUT2D eigenvalue weighted by molar-refractivity contribution is 5.90. The first-order valence-electron chi connectivity index (χ1n) is 14.8. The third-order valence-corrected chi connectivity index (χ3v) is 8.61. The van der Waals surface area contributed by atoms with Gasteiger partial charge in [0.15, 0.2) is 0 Å². The van der Waals surface area contributed by atoms with Crippen LogP contribution in [0.5, 0.6) is 0 Å². The lowest BCUT2D eigenvalue weighted by atomic mass is 9.92. The Hall–Kier alpha value is -4.83. The van der Waals surface area contributed by atoms with Gasteiger partial charge in [0.25, 0.3) is 0 Å². The Morgan fingerprint density at radius 1 is 0.977 bits per heavy atom. The number of amides is 3. The number of piperidine rings is 1. The highest BCUT2D eigenvalue weighted by Gasteiger charge is 2.33. The van der Waals surface area contributed by atoms with Crippen LogP contribution in [0.15, 0.2) is 83.8 Å². The molecule has 0 bridgehead atoms. The van der Waals surface area contributed by atoms with Gasteiger partial charge in [0.1, 0.15) is 6.04 Å². The number of aromatic amines is 2. The molecule has 0 spiro atoms. The average molecular weight is 580 g/mol. The molecular formula is C33H37N7O3. The third-order valence-electron chi connectivity index (χ3n) is 8.61. The summed E-state index contributed by atoms with van der Waals surface area (Å²) >= 11 is 0. The van der Waals surface area contributed by atoms with Gasteiger partial charge in [-0.25, -0.2) is 9.59 Å². The molecule has 0 saturated carbocycles. The minimum Gasteiger partial charge on any atom is -0.361 e. The summed E-state index contributed by atoms with van der Waals surface area (Å²) in [6, 6.07) is 22.3. The summed E-state index contributed by atoms with van der Waals surface area (Å²) in [5, 5.41) is 7.11. The molecule has 0 unspecified atom stereocenters. The second kappa shape index (κ2) is 12.2. The molecule has 2 aromatic heterocycles. The van der Waals surface area contributed by atoms with E-state index in [-0.39, 0.29) is 29.6 Å². The molecule has 3 amide bonds. The second-order valence-electron chi connectivity index (χ2n) is 11.3. The Kier molecular flexibility index (Phi) is 8.02. The van der Waals surface area contributed by atoms with Gasteiger partial charge in [-0.2, -0.15) is 0 Å². The number of fused-ring (bicyclic) bond motifs is 2. The average Bonchev–Trinajstić information content (AvgIpc) is 3.62. The van der Waals surface area contributed by atoms with Crippen molar-refractivity contribution in [2.45, 2.75) is 50.9 Å². The molecule has 5 aromatic rings. The van der Waals surface area contributed by atoms with E-state index in [1.807, 2.05) is 85.9 Å². The van der Waals surface area contributed by atoms with E-state index in [1.54, 1.807) is 9.47 Å². The number of urea groups is 1. The van der Waals surface area contributed by atoms with Gasteiger partial charge in [-0.15, -0.1) is 0 Å². The monoisotopic (exact) mass is 579 g/mol. The van der Waals surface area contributed by atoms with Gasteiger partial charge in [0.2, 0.25) is 5.91 Å². The summed E-state index contributed by atoms with van der Waals surface area (Å²) in [6.07, 6.45) is 3.19. The molecular weight excluding hydrogens is 542 g/mol. The Morgan fingerprint density at radius 3 is 2.49 bits per heavy atom. The van der Waals surface area contributed by atoms with Crippen molar-refractivity contribution >= 4 is 33.9 Å². The van der Waals surface area contributed by atoms with Gasteiger partial charge in [0, 0.05) is 55.2 Å². The van der Waals surface area contributed by atoms with Gasteiger partial charge < -0.3 is 31.2 Å². The van der Waals surface area contributed by atoms with Crippen molar-refractivity contribution in [3.63, 3.8) is 0 Å². The summed E-state index contributed by atoms with van der Waals surface area (Å²) in [5.74, 6) is -0.567. The summed E-state index contributed by atoms with van der Waals surface area (Å²) < 4.78 is 1.81. The molecule has 6 N–H and O–H groups in total. The topological polar surface area (TPSA) is 141 Å². The molecule has 2 atom stereocenters. The number of nitrogens with zero attached hydrogens (tertiary/aromatic N) is 2. The molecule has 6 rings (SSSR count). The summed E-state index contributed by atoms with van der Waals surface area (Å²) in [6.45, 7) is 3.66. The number of H-pyrrole nitrogens is 2. The number of likely N-dealkylation sites (tertiary alicyclic amines) is 1. The lowest BCUT2D eigenvalue weighted by Gasteiger charge is -2.34. The molecule has 10 heteroatoms. The van der Waals surface area contributed by atoms with Crippen LogP contribution in [-0.2, 0) is 17.9 Å². The minimum atomic E-state index is -0.807. The minimum absolute atomic E-state index is 0.0128. The van der Waals surface area contributed by atoms with Crippen molar-refractivity contribution in [2.75, 3.05) is 13.1 Å². The van der Waals surface area contributed by atoms with E-state index in [2.05, 4.69) is 20.6 Å². The quantitative estimate of drug-likeness (QED) is 0.189. The molecule has 3 aromatic carbocycles. The smallest absolute Gasteiger partial charge is 0.326 e. The van der Waals surface area contributed by atoms with Crippen LogP contribution in [-0.4, -0.2) is 50.5 Å². The first-order chi connectivity index (χ1) is 20.9. The summed E-state index contributed by atoms with van der Waals surface area (Å²) in [5.41, 5.74) is 11.2. The highest BCUT2D eigenvalue weighted by atomic mass is 16.2. The van der Waals surface area contributed by atoms with Crippen LogP contribution in [0, 0.1) is 0 Å². The zero-order chi connectivity index (χ0) is 29.9. The maximum absolute atomic E-state index is 13.7. The van der Waals surface area contributed by atoms with Crippen LogP contribution in [0.1, 0.15) is 48.4 Å². The number of para-hydroxylation sites is 3. The number of benzene rings is 3. The molecule has 0 aliphatic carbocycles. The maximum Gasteiger partial charge on any atom is 0.326 e. The van der Waals surface area contributed by atoms with E-state index in [4.69, 9.17) is 5.73 Å². The van der Waals surface area contributed by atoms with E-state index in [0.717, 1.165) is 38.6 Å². The maximum atomic E-state index is 13.7. The third kappa shape index (κ3) is 5.78. The molecule has 222 valence electrons. The number of carbonyl (C=O) groups excluding carboxylic acids is 2. The molecule has 1 aliphatic heterocycles. The van der Waals surface area contributed by atoms with Gasteiger partial charge in [-0.05, 0) is 47.7 Å². The van der Waals surface area contributed by atoms with Crippen LogP contribution >= 0.6 is 0 Å². The van der Waals surface area contributed by atoms with Gasteiger partial charge in [0.05, 0.1) is 11.0 Å². The Morgan fingerprint density at radius 2 is 1.70 bits per heavy atom. The number of imidazole rings is 1. The zero-order valence-corrected chi connectivity index (χ0v) is 24.2. The van der Waals surface area contributed by atoms with Crippen molar-refractivity contribution < 1.29 is 9.59 Å². The number of aromatic nitrogens is 3. The summed E-state index contributed by atoms with van der Waals surface area (Å²) in [7, 11) is 0. The fourth-order valence-corrected chi connectivity index (χ4v) is 6.22. The standard InChI is InChI=1S/C33H37N7O3/c1-21(26-20-35-27-10-3-2-9-25(26)27)30(31(41)36-19-23-8-6-7-22(17-23)18-34)38-32(42)39-15-13-24(14-16-39)40-29-12-5-4-11-28(29)37-33(40)43/h2-12,17,20-21,24,30,35H,13-16,18-19,34H2,1H3,(H,36,41)(H,37,43)(H,38,42)/t21-,30+/m0/s1. The van der Waals surface area contributed by atoms with E-state index in [9.17, 15) is 14.4 Å². The Balaban J connectivity index is 1.18. The predicted molar refractivity (Wildman–Crippen MR) is 168 cm³/mol. The molecule has 43 heavy (non-hydrogen) atoms. The lowest BCUT2D eigenvalue weighted by Crippen LogP contribution is -2.54. The zero-order valence-electron chi connectivity index (χ0n) is 24.2. The van der Waals surface area contributed by atoms with Crippen LogP contribution < -0.4 is 22.1 Å². The van der Waals surface area contributed by atoms with Crippen molar-refractivity contribution in [1.82, 2.24) is 30.1 Å². The Labute approximate surface area is 249 Å². The van der Waals surface area contributed by atoms with Crippen molar-refractivity contribution in [1.29, 1.82) is 0 Å². The van der Waals surface area contributed by atoms with E-state index >= 15 is 0 Å². The molecule has 1 saturated heterocycles. The van der Waals surface area contributed by atoms with Crippen molar-refractivity contribution in [3.8, 4) is 0 Å². The Bertz CT molecular complexity index is 1810. The van der Waals surface area contributed by atoms with Crippen LogP contribution in [0.2, 0.25) is 0 Å². The number of hydrogen-bond acceptors (Lipinski definition) is 4. The SMILES string of the molecule is C[C@@H](c1c[nH]c2ccccc12)[C@@H](NC(=O)N1CCC(n2c(=O)[nH]c3ccccc32)CC1)C(=O)NCc1cccc(CN)c1. The highest BCUT2D eigenvalue weighted by Crippen LogP contribution is 2.29. The number of carbonyl (C=O) groups is 2. The van der Waals surface area contributed by atoms with E-state index in [0.29, 0.717) is 39.0 Å². The van der Waals surface area contributed by atoms with Crippen LogP contribution in [0.3, 0.4) is 0 Å². The normalized spacial score (nSPS) is 15.4. The predicted octanol–water partition coefficient (Wildman–Crippen LogP) is 4.10. The number of nitrogens with one attached hydrogen (secondary N) is 4. The first kappa shape index (κ1) is 28.3. The molecule has 3 heterocycles. The van der Waals surface area contributed by atoms with Crippen LogP contribution in [0.25, 0.3) is 21.9 Å². The summed E-state index contributed by atoms with van der Waals surface area (Å²) in [4.78, 5) is 48.0. The molecule has 1 aliphatic rings. The van der Waals surface area contributed by atoms with Gasteiger partial charge in [-0.3, -0.25) is 9.36 Å². The van der Waals surface area contributed by atoms with Gasteiger partial charge in [-0.1, -0.05) is 61.5 Å².